The summed E-state index contributed by atoms with van der Waals surface area (Å²) in [5.41, 5.74) is 4.05. The van der Waals surface area contributed by atoms with Crippen molar-refractivity contribution < 1.29 is 14.7 Å². The Balaban J connectivity index is 2.33. The van der Waals surface area contributed by atoms with Gasteiger partial charge in [0.05, 0.1) is 11.3 Å². The van der Waals surface area contributed by atoms with Gasteiger partial charge >= 0.3 is 12.0 Å². The van der Waals surface area contributed by atoms with Gasteiger partial charge in [-0.25, -0.2) is 9.59 Å². The second-order valence-corrected chi connectivity index (χ2v) is 7.05. The zero-order valence-corrected chi connectivity index (χ0v) is 15.9. The largest absolute Gasteiger partial charge is 0.478 e. The summed E-state index contributed by atoms with van der Waals surface area (Å²) in [6.07, 6.45) is 0. The van der Waals surface area contributed by atoms with E-state index in [1.54, 1.807) is 18.2 Å². The predicted octanol–water partition coefficient (Wildman–Crippen LogP) is 5.58. The Bertz CT molecular complexity index is 800. The summed E-state index contributed by atoms with van der Waals surface area (Å²) in [5.74, 6) is -0.578. The number of carbonyl (C=O) groups excluding carboxylic acids is 1. The first-order valence-corrected chi connectivity index (χ1v) is 8.75. The second-order valence-electron chi connectivity index (χ2n) is 7.05. The summed E-state index contributed by atoms with van der Waals surface area (Å²) in [6, 6.07) is 10.5. The van der Waals surface area contributed by atoms with E-state index in [2.05, 4.69) is 38.3 Å². The normalized spacial score (nSPS) is 10.9. The fraction of sp³-hybridized carbons (Fsp3) is 0.333. The molecule has 2 aromatic carbocycles. The van der Waals surface area contributed by atoms with E-state index in [-0.39, 0.29) is 23.1 Å². The average molecular weight is 354 g/mol. The first-order valence-electron chi connectivity index (χ1n) is 8.75. The predicted molar refractivity (Wildman–Crippen MR) is 105 cm³/mol. The molecule has 5 nitrogen and oxygen atoms in total. The summed E-state index contributed by atoms with van der Waals surface area (Å²) in [6.45, 7) is 10.1. The lowest BCUT2D eigenvalue weighted by atomic mass is 9.93. The molecule has 0 bridgehead atoms. The molecule has 0 saturated heterocycles. The molecule has 3 N–H and O–H groups in total. The minimum atomic E-state index is -1.07. The van der Waals surface area contributed by atoms with E-state index in [4.69, 9.17) is 0 Å². The zero-order valence-electron chi connectivity index (χ0n) is 15.9. The third-order valence-corrected chi connectivity index (χ3v) is 4.27. The van der Waals surface area contributed by atoms with Gasteiger partial charge < -0.3 is 15.7 Å². The van der Waals surface area contributed by atoms with E-state index in [9.17, 15) is 14.7 Å². The van der Waals surface area contributed by atoms with Gasteiger partial charge in [0.2, 0.25) is 0 Å². The number of carboxylic acids is 1. The number of aryl methyl sites for hydroxylation is 1. The molecule has 0 radical (unpaired) electrons. The van der Waals surface area contributed by atoms with Gasteiger partial charge in [0.15, 0.2) is 0 Å². The lowest BCUT2D eigenvalue weighted by Gasteiger charge is -2.20. The smallest absolute Gasteiger partial charge is 0.337 e. The van der Waals surface area contributed by atoms with Gasteiger partial charge in [-0.1, -0.05) is 57.5 Å². The van der Waals surface area contributed by atoms with Crippen LogP contribution >= 0.6 is 0 Å². The van der Waals surface area contributed by atoms with E-state index in [1.165, 1.54) is 0 Å². The number of rotatable bonds is 5. The van der Waals surface area contributed by atoms with Gasteiger partial charge in [-0.2, -0.15) is 0 Å². The van der Waals surface area contributed by atoms with Crippen molar-refractivity contribution in [3.8, 4) is 0 Å². The molecule has 0 aliphatic carbocycles. The summed E-state index contributed by atoms with van der Waals surface area (Å²) in [5, 5.41) is 15.0. The standard InChI is InChI=1S/C21H26N2O3/c1-12(2)15-7-6-8-16(13(3)4)19(15)23-21(26)22-18-10-9-14(5)11-17(18)20(24)25/h6-13H,1-5H3,(H,24,25)(H2,22,23,26). The lowest BCUT2D eigenvalue weighted by molar-refractivity contribution is 0.0698. The molecule has 0 spiro atoms. The van der Waals surface area contributed by atoms with Crippen LogP contribution in [-0.4, -0.2) is 17.1 Å². The highest BCUT2D eigenvalue weighted by Gasteiger charge is 2.17. The number of carbonyl (C=O) groups is 2. The van der Waals surface area contributed by atoms with E-state index < -0.39 is 12.0 Å². The zero-order chi connectivity index (χ0) is 19.4. The number of carboxylic acid groups (broad SMARTS) is 1. The molecule has 0 aliphatic rings. The maximum Gasteiger partial charge on any atom is 0.337 e. The van der Waals surface area contributed by atoms with Crippen LogP contribution in [0.2, 0.25) is 0 Å². The molecule has 138 valence electrons. The summed E-state index contributed by atoms with van der Waals surface area (Å²) in [4.78, 5) is 24.0. The van der Waals surface area contributed by atoms with Crippen LogP contribution in [0.4, 0.5) is 16.2 Å². The van der Waals surface area contributed by atoms with Crippen molar-refractivity contribution >= 4 is 23.4 Å². The molecule has 0 saturated carbocycles. The van der Waals surface area contributed by atoms with Crippen molar-refractivity contribution in [1.29, 1.82) is 0 Å². The summed E-state index contributed by atoms with van der Waals surface area (Å²) in [7, 11) is 0. The number of hydrogen-bond donors (Lipinski definition) is 3. The number of anilines is 2. The van der Waals surface area contributed by atoms with Crippen molar-refractivity contribution in [3.05, 3.63) is 58.7 Å². The highest BCUT2D eigenvalue weighted by Crippen LogP contribution is 2.32. The SMILES string of the molecule is Cc1ccc(NC(=O)Nc2c(C(C)C)cccc2C(C)C)c(C(=O)O)c1. The molecule has 0 unspecified atom stereocenters. The van der Waals surface area contributed by atoms with Gasteiger partial charge in [0.1, 0.15) is 0 Å². The summed E-state index contributed by atoms with van der Waals surface area (Å²) >= 11 is 0. The molecule has 0 heterocycles. The first kappa shape index (κ1) is 19.5. The van der Waals surface area contributed by atoms with Crippen LogP contribution in [-0.2, 0) is 0 Å². The van der Waals surface area contributed by atoms with E-state index in [0.29, 0.717) is 0 Å². The third kappa shape index (κ3) is 4.42. The van der Waals surface area contributed by atoms with Gasteiger partial charge in [0.25, 0.3) is 0 Å². The number of amides is 2. The molecule has 0 aliphatic heterocycles. The fourth-order valence-electron chi connectivity index (χ4n) is 2.91. The van der Waals surface area contributed by atoms with Crippen molar-refractivity contribution in [1.82, 2.24) is 0 Å². The molecule has 2 amide bonds. The minimum Gasteiger partial charge on any atom is -0.478 e. The first-order chi connectivity index (χ1) is 12.2. The maximum absolute atomic E-state index is 12.6. The van der Waals surface area contributed by atoms with Crippen molar-refractivity contribution in [2.24, 2.45) is 0 Å². The fourth-order valence-corrected chi connectivity index (χ4v) is 2.91. The van der Waals surface area contributed by atoms with E-state index in [1.807, 2.05) is 25.1 Å². The van der Waals surface area contributed by atoms with Crippen LogP contribution in [0.1, 0.15) is 66.6 Å². The topological polar surface area (TPSA) is 78.4 Å². The van der Waals surface area contributed by atoms with Gasteiger partial charge in [-0.05, 0) is 42.0 Å². The quantitative estimate of drug-likeness (QED) is 0.655. The minimum absolute atomic E-state index is 0.0707. The molecule has 0 atom stereocenters. The molecule has 0 aromatic heterocycles. The Kier molecular flexibility index (Phi) is 6.03. The van der Waals surface area contributed by atoms with Crippen molar-refractivity contribution in [2.75, 3.05) is 10.6 Å². The Hall–Kier alpha value is -2.82. The maximum atomic E-state index is 12.6. The molecular weight excluding hydrogens is 328 g/mol. The van der Waals surface area contributed by atoms with Gasteiger partial charge in [-0.3, -0.25) is 0 Å². The lowest BCUT2D eigenvalue weighted by Crippen LogP contribution is -2.23. The Morgan fingerprint density at radius 1 is 0.923 bits per heavy atom. The number of benzene rings is 2. The highest BCUT2D eigenvalue weighted by atomic mass is 16.4. The number of aromatic carboxylic acids is 1. The number of hydrogen-bond acceptors (Lipinski definition) is 2. The third-order valence-electron chi connectivity index (χ3n) is 4.27. The van der Waals surface area contributed by atoms with Crippen molar-refractivity contribution in [3.63, 3.8) is 0 Å². The Morgan fingerprint density at radius 3 is 2.00 bits per heavy atom. The number of urea groups is 1. The molecule has 5 heteroatoms. The van der Waals surface area contributed by atoms with E-state index >= 15 is 0 Å². The number of nitrogens with one attached hydrogen (secondary N) is 2. The molecule has 0 fully saturated rings. The Labute approximate surface area is 154 Å². The molecule has 26 heavy (non-hydrogen) atoms. The number of para-hydroxylation sites is 1. The van der Waals surface area contributed by atoms with Crippen LogP contribution in [0.25, 0.3) is 0 Å². The van der Waals surface area contributed by atoms with E-state index in [0.717, 1.165) is 22.4 Å². The van der Waals surface area contributed by atoms with Crippen molar-refractivity contribution in [2.45, 2.75) is 46.5 Å². The van der Waals surface area contributed by atoms with Crippen LogP contribution in [0, 0.1) is 6.92 Å². The average Bonchev–Trinajstić information content (AvgIpc) is 2.55. The van der Waals surface area contributed by atoms with Crippen LogP contribution < -0.4 is 10.6 Å². The monoisotopic (exact) mass is 354 g/mol. The van der Waals surface area contributed by atoms with Crippen LogP contribution in [0.3, 0.4) is 0 Å². The second kappa shape index (κ2) is 8.04. The van der Waals surface area contributed by atoms with Gasteiger partial charge in [-0.15, -0.1) is 0 Å². The molecule has 2 rings (SSSR count). The van der Waals surface area contributed by atoms with Crippen LogP contribution in [0.5, 0.6) is 0 Å². The summed E-state index contributed by atoms with van der Waals surface area (Å²) < 4.78 is 0. The highest BCUT2D eigenvalue weighted by molar-refractivity contribution is 6.05. The van der Waals surface area contributed by atoms with Gasteiger partial charge in [0, 0.05) is 5.69 Å². The Morgan fingerprint density at radius 2 is 1.50 bits per heavy atom. The molecular formula is C21H26N2O3. The van der Waals surface area contributed by atoms with Crippen LogP contribution in [0.15, 0.2) is 36.4 Å². The molecule has 2 aromatic rings.